The molecule has 0 radical (unpaired) electrons. The van der Waals surface area contributed by atoms with Gasteiger partial charge in [0.1, 0.15) is 0 Å². The SMILES string of the molecule is C/C=C\C=C/c1csc2cccc(N)c12. The average Bonchev–Trinajstić information content (AvgIpc) is 2.63. The smallest absolute Gasteiger partial charge is 0.0408 e. The first-order chi connectivity index (χ1) is 7.33. The highest BCUT2D eigenvalue weighted by Gasteiger charge is 2.03. The van der Waals surface area contributed by atoms with Gasteiger partial charge in [0, 0.05) is 15.8 Å². The van der Waals surface area contributed by atoms with Crippen LogP contribution in [-0.2, 0) is 0 Å². The summed E-state index contributed by atoms with van der Waals surface area (Å²) in [7, 11) is 0. The maximum Gasteiger partial charge on any atom is 0.0408 e. The molecule has 2 aromatic rings. The van der Waals surface area contributed by atoms with Crippen molar-refractivity contribution in [3.63, 3.8) is 0 Å². The molecule has 0 atom stereocenters. The molecule has 0 aliphatic heterocycles. The molecular formula is C13H13NS. The van der Waals surface area contributed by atoms with Crippen LogP contribution in [0.5, 0.6) is 0 Å². The Morgan fingerprint density at radius 1 is 1.27 bits per heavy atom. The molecule has 2 rings (SSSR count). The van der Waals surface area contributed by atoms with E-state index in [1.165, 1.54) is 15.6 Å². The first-order valence-corrected chi connectivity index (χ1v) is 5.76. The second kappa shape index (κ2) is 4.32. The van der Waals surface area contributed by atoms with E-state index in [1.54, 1.807) is 11.3 Å². The van der Waals surface area contributed by atoms with E-state index in [4.69, 9.17) is 5.73 Å². The standard InChI is InChI=1S/C13H13NS/c1-2-3-4-6-10-9-15-12-8-5-7-11(14)13(10)12/h2-9H,14H2,1H3/b3-2-,6-4-. The molecule has 0 fully saturated rings. The monoisotopic (exact) mass is 215 g/mol. The molecule has 1 aromatic heterocycles. The predicted molar refractivity (Wildman–Crippen MR) is 70.1 cm³/mol. The molecule has 0 saturated carbocycles. The molecule has 0 amide bonds. The Balaban J connectivity index is 2.52. The van der Waals surface area contributed by atoms with Gasteiger partial charge in [-0.3, -0.25) is 0 Å². The van der Waals surface area contributed by atoms with Gasteiger partial charge in [0.15, 0.2) is 0 Å². The number of benzene rings is 1. The zero-order chi connectivity index (χ0) is 10.7. The lowest BCUT2D eigenvalue weighted by Gasteiger charge is -1.96. The molecule has 0 unspecified atom stereocenters. The van der Waals surface area contributed by atoms with Gasteiger partial charge >= 0.3 is 0 Å². The van der Waals surface area contributed by atoms with Crippen LogP contribution in [0.1, 0.15) is 12.5 Å². The fourth-order valence-electron chi connectivity index (χ4n) is 1.53. The number of nitrogens with two attached hydrogens (primary N) is 1. The summed E-state index contributed by atoms with van der Waals surface area (Å²) in [5.41, 5.74) is 8.02. The fraction of sp³-hybridized carbons (Fsp3) is 0.0769. The summed E-state index contributed by atoms with van der Waals surface area (Å²) in [6.45, 7) is 2.00. The Morgan fingerprint density at radius 3 is 2.93 bits per heavy atom. The number of thiophene rings is 1. The number of anilines is 1. The van der Waals surface area contributed by atoms with Gasteiger partial charge in [0.25, 0.3) is 0 Å². The van der Waals surface area contributed by atoms with E-state index in [0.717, 1.165) is 5.69 Å². The van der Waals surface area contributed by atoms with Crippen molar-refractivity contribution in [3.8, 4) is 0 Å². The zero-order valence-electron chi connectivity index (χ0n) is 8.60. The predicted octanol–water partition coefficient (Wildman–Crippen LogP) is 4.07. The van der Waals surface area contributed by atoms with Crippen molar-refractivity contribution >= 4 is 33.2 Å². The molecule has 1 nitrogen and oxygen atoms in total. The van der Waals surface area contributed by atoms with Crippen molar-refractivity contribution < 1.29 is 0 Å². The van der Waals surface area contributed by atoms with Gasteiger partial charge in [0.05, 0.1) is 0 Å². The van der Waals surface area contributed by atoms with Gasteiger partial charge in [-0.25, -0.2) is 0 Å². The molecule has 1 heterocycles. The van der Waals surface area contributed by atoms with Gasteiger partial charge < -0.3 is 5.73 Å². The lowest BCUT2D eigenvalue weighted by molar-refractivity contribution is 1.74. The molecule has 76 valence electrons. The lowest BCUT2D eigenvalue weighted by Crippen LogP contribution is -1.84. The van der Waals surface area contributed by atoms with Crippen LogP contribution in [0.4, 0.5) is 5.69 Å². The van der Waals surface area contributed by atoms with Gasteiger partial charge in [-0.05, 0) is 30.0 Å². The second-order valence-corrected chi connectivity index (χ2v) is 4.21. The van der Waals surface area contributed by atoms with E-state index in [2.05, 4.69) is 17.5 Å². The molecule has 0 aliphatic rings. The Bertz CT molecular complexity index is 520. The van der Waals surface area contributed by atoms with Crippen molar-refractivity contribution in [2.45, 2.75) is 6.92 Å². The van der Waals surface area contributed by atoms with Crippen molar-refractivity contribution in [3.05, 3.63) is 47.4 Å². The minimum absolute atomic E-state index is 0.855. The summed E-state index contributed by atoms with van der Waals surface area (Å²) >= 11 is 1.73. The first-order valence-electron chi connectivity index (χ1n) is 4.88. The Kier molecular flexibility index (Phi) is 2.88. The summed E-state index contributed by atoms with van der Waals surface area (Å²) < 4.78 is 1.25. The molecule has 15 heavy (non-hydrogen) atoms. The van der Waals surface area contributed by atoms with Crippen molar-refractivity contribution in [2.24, 2.45) is 0 Å². The fourth-order valence-corrected chi connectivity index (χ4v) is 2.50. The van der Waals surface area contributed by atoms with Crippen LogP contribution >= 0.6 is 11.3 Å². The highest BCUT2D eigenvalue weighted by atomic mass is 32.1. The number of allylic oxidation sites excluding steroid dienone is 3. The van der Waals surface area contributed by atoms with Crippen molar-refractivity contribution in [1.29, 1.82) is 0 Å². The van der Waals surface area contributed by atoms with Crippen LogP contribution in [0.15, 0.2) is 41.8 Å². The Labute approximate surface area is 93.5 Å². The third-order valence-electron chi connectivity index (χ3n) is 2.24. The summed E-state index contributed by atoms with van der Waals surface area (Å²) in [5, 5.41) is 3.31. The van der Waals surface area contributed by atoms with E-state index in [9.17, 15) is 0 Å². The molecule has 0 saturated heterocycles. The van der Waals surface area contributed by atoms with E-state index in [0.29, 0.717) is 0 Å². The molecule has 1 aromatic carbocycles. The molecule has 0 spiro atoms. The number of hydrogen-bond donors (Lipinski definition) is 1. The Hall–Kier alpha value is -1.54. The van der Waals surface area contributed by atoms with Crippen molar-refractivity contribution in [2.75, 3.05) is 5.73 Å². The summed E-state index contributed by atoms with van der Waals surface area (Å²) in [6, 6.07) is 6.04. The van der Waals surface area contributed by atoms with Crippen molar-refractivity contribution in [1.82, 2.24) is 0 Å². The largest absolute Gasteiger partial charge is 0.398 e. The van der Waals surface area contributed by atoms with Crippen LogP contribution in [-0.4, -0.2) is 0 Å². The molecular weight excluding hydrogens is 202 g/mol. The number of hydrogen-bond acceptors (Lipinski definition) is 2. The summed E-state index contributed by atoms with van der Waals surface area (Å²) in [6.07, 6.45) is 8.15. The topological polar surface area (TPSA) is 26.0 Å². The lowest BCUT2D eigenvalue weighted by atomic mass is 10.1. The average molecular weight is 215 g/mol. The number of rotatable bonds is 2. The van der Waals surface area contributed by atoms with Gasteiger partial charge in [-0.2, -0.15) is 0 Å². The zero-order valence-corrected chi connectivity index (χ0v) is 9.42. The maximum atomic E-state index is 5.96. The van der Waals surface area contributed by atoms with Crippen LogP contribution in [0.2, 0.25) is 0 Å². The summed E-state index contributed by atoms with van der Waals surface area (Å²) in [5.74, 6) is 0. The van der Waals surface area contributed by atoms with E-state index < -0.39 is 0 Å². The highest BCUT2D eigenvalue weighted by Crippen LogP contribution is 2.31. The van der Waals surface area contributed by atoms with E-state index in [-0.39, 0.29) is 0 Å². The molecule has 2 heteroatoms. The van der Waals surface area contributed by atoms with Crippen LogP contribution in [0.3, 0.4) is 0 Å². The van der Waals surface area contributed by atoms with E-state index in [1.807, 2.05) is 37.3 Å². The van der Waals surface area contributed by atoms with Crippen LogP contribution in [0, 0.1) is 0 Å². The molecule has 0 bridgehead atoms. The van der Waals surface area contributed by atoms with Crippen LogP contribution in [0.25, 0.3) is 16.2 Å². The minimum Gasteiger partial charge on any atom is -0.398 e. The third-order valence-corrected chi connectivity index (χ3v) is 3.21. The number of nitrogen functional groups attached to an aromatic ring is 1. The van der Waals surface area contributed by atoms with Crippen LogP contribution < -0.4 is 5.73 Å². The third kappa shape index (κ3) is 1.95. The second-order valence-electron chi connectivity index (χ2n) is 3.30. The summed E-state index contributed by atoms with van der Waals surface area (Å²) in [4.78, 5) is 0. The van der Waals surface area contributed by atoms with E-state index >= 15 is 0 Å². The van der Waals surface area contributed by atoms with Gasteiger partial charge in [-0.15, -0.1) is 11.3 Å². The van der Waals surface area contributed by atoms with Gasteiger partial charge in [-0.1, -0.05) is 30.4 Å². The maximum absolute atomic E-state index is 5.96. The molecule has 2 N–H and O–H groups in total. The highest BCUT2D eigenvalue weighted by molar-refractivity contribution is 7.17. The molecule has 0 aliphatic carbocycles. The Morgan fingerprint density at radius 2 is 2.13 bits per heavy atom. The normalized spacial score (nSPS) is 12.1. The van der Waals surface area contributed by atoms with Gasteiger partial charge in [0.2, 0.25) is 0 Å². The minimum atomic E-state index is 0.855. The quantitative estimate of drug-likeness (QED) is 0.593. The first kappa shape index (κ1) is 9.99. The number of fused-ring (bicyclic) bond motifs is 1.